The van der Waals surface area contributed by atoms with Crippen LogP contribution in [0.25, 0.3) is 0 Å². The fourth-order valence-corrected chi connectivity index (χ4v) is 3.45. The lowest BCUT2D eigenvalue weighted by atomic mass is 10.6. The van der Waals surface area contributed by atoms with Crippen LogP contribution >= 0.6 is 11.3 Å². The van der Waals surface area contributed by atoms with E-state index in [9.17, 15) is 8.42 Å². The summed E-state index contributed by atoms with van der Waals surface area (Å²) in [6, 6.07) is 1.61. The molecule has 0 aliphatic heterocycles. The molecule has 6 nitrogen and oxygen atoms in total. The van der Waals surface area contributed by atoms with Gasteiger partial charge in [0.05, 0.1) is 19.0 Å². The molecule has 2 aromatic rings. The molecule has 0 spiro atoms. The molecule has 0 radical (unpaired) electrons. The maximum absolute atomic E-state index is 11.9. The van der Waals surface area contributed by atoms with Gasteiger partial charge in [-0.1, -0.05) is 0 Å². The highest BCUT2D eigenvalue weighted by molar-refractivity contribution is 7.94. The van der Waals surface area contributed by atoms with Crippen LogP contribution in [0.2, 0.25) is 0 Å². The van der Waals surface area contributed by atoms with Gasteiger partial charge in [-0.15, -0.1) is 11.3 Å². The number of rotatable bonds is 4. The summed E-state index contributed by atoms with van der Waals surface area (Å²) >= 11 is 1.10. The number of sulfonamides is 1. The van der Waals surface area contributed by atoms with Gasteiger partial charge in [0.25, 0.3) is 10.0 Å². The third-order valence-corrected chi connectivity index (χ3v) is 4.64. The van der Waals surface area contributed by atoms with Gasteiger partial charge in [-0.05, 0) is 11.4 Å². The summed E-state index contributed by atoms with van der Waals surface area (Å²) in [5.74, 6) is 0.334. The molecule has 2 aromatic heterocycles. The molecule has 0 saturated carbocycles. The number of hydrogen-bond donors (Lipinski definition) is 2. The zero-order valence-corrected chi connectivity index (χ0v) is 9.93. The molecule has 8 heteroatoms. The molecular formula is C8H9N3O3S2. The Morgan fingerprint density at radius 3 is 3.00 bits per heavy atom. The van der Waals surface area contributed by atoms with Crippen molar-refractivity contribution in [3.63, 3.8) is 0 Å². The summed E-state index contributed by atoms with van der Waals surface area (Å²) in [7, 11) is -2.17. The van der Waals surface area contributed by atoms with Crippen LogP contribution in [0.5, 0.6) is 5.75 Å². The van der Waals surface area contributed by atoms with E-state index in [4.69, 9.17) is 4.74 Å². The van der Waals surface area contributed by atoms with E-state index in [1.165, 1.54) is 19.5 Å². The van der Waals surface area contributed by atoms with Crippen molar-refractivity contribution in [2.75, 3.05) is 11.8 Å². The number of hydrogen-bond acceptors (Lipinski definition) is 5. The van der Waals surface area contributed by atoms with E-state index in [2.05, 4.69) is 14.9 Å². The first-order valence-corrected chi connectivity index (χ1v) is 6.63. The zero-order valence-electron chi connectivity index (χ0n) is 8.30. The Bertz CT molecular complexity index is 559. The molecule has 2 heterocycles. The highest BCUT2D eigenvalue weighted by atomic mass is 32.2. The molecule has 2 N–H and O–H groups in total. The van der Waals surface area contributed by atoms with Crippen molar-refractivity contribution in [2.24, 2.45) is 0 Å². The molecule has 0 aromatic carbocycles. The van der Waals surface area contributed by atoms with E-state index < -0.39 is 10.0 Å². The summed E-state index contributed by atoms with van der Waals surface area (Å²) in [5.41, 5.74) is 0.385. The molecule has 0 atom stereocenters. The van der Waals surface area contributed by atoms with Crippen LogP contribution in [-0.4, -0.2) is 25.7 Å². The van der Waals surface area contributed by atoms with Crippen molar-refractivity contribution in [1.82, 2.24) is 10.2 Å². The number of methoxy groups -OCH3 is 1. The standard InChI is InChI=1S/C8H9N3O3S2/c1-14-7-2-3-15-8(7)16(12,13)11-6-4-9-10-5-6/h2-5,11H,1H3,(H,9,10). The minimum Gasteiger partial charge on any atom is -0.494 e. The molecule has 16 heavy (non-hydrogen) atoms. The number of aromatic amines is 1. The smallest absolute Gasteiger partial charge is 0.275 e. The molecule has 0 unspecified atom stereocenters. The fourth-order valence-electron chi connectivity index (χ4n) is 1.14. The Balaban J connectivity index is 2.33. The second-order valence-corrected chi connectivity index (χ2v) is 5.66. The van der Waals surface area contributed by atoms with E-state index in [0.29, 0.717) is 11.4 Å². The lowest BCUT2D eigenvalue weighted by Crippen LogP contribution is -2.11. The average molecular weight is 259 g/mol. The van der Waals surface area contributed by atoms with Crippen molar-refractivity contribution in [3.05, 3.63) is 23.8 Å². The number of thiophene rings is 1. The Hall–Kier alpha value is -1.54. The first-order chi connectivity index (χ1) is 7.63. The van der Waals surface area contributed by atoms with Crippen LogP contribution in [0.1, 0.15) is 0 Å². The first kappa shape index (κ1) is 11.0. The van der Waals surface area contributed by atoms with Crippen molar-refractivity contribution in [1.29, 1.82) is 0 Å². The van der Waals surface area contributed by atoms with Crippen molar-refractivity contribution in [3.8, 4) is 5.75 Å². The van der Waals surface area contributed by atoms with Gasteiger partial charge >= 0.3 is 0 Å². The molecule has 0 amide bonds. The summed E-state index contributed by atoms with van der Waals surface area (Å²) in [5, 5.41) is 7.83. The van der Waals surface area contributed by atoms with Crippen molar-refractivity contribution >= 4 is 27.0 Å². The zero-order chi connectivity index (χ0) is 11.6. The number of nitrogens with one attached hydrogen (secondary N) is 2. The van der Waals surface area contributed by atoms with E-state index in [1.54, 1.807) is 11.4 Å². The normalized spacial score (nSPS) is 11.3. The number of nitrogens with zero attached hydrogens (tertiary/aromatic N) is 1. The SMILES string of the molecule is COc1ccsc1S(=O)(=O)Nc1cn[nH]c1. The Kier molecular flexibility index (Phi) is 2.84. The van der Waals surface area contributed by atoms with Crippen molar-refractivity contribution in [2.45, 2.75) is 4.21 Å². The van der Waals surface area contributed by atoms with Crippen LogP contribution < -0.4 is 9.46 Å². The minimum absolute atomic E-state index is 0.149. The molecular weight excluding hydrogens is 250 g/mol. The highest BCUT2D eigenvalue weighted by Crippen LogP contribution is 2.30. The quantitative estimate of drug-likeness (QED) is 0.866. The van der Waals surface area contributed by atoms with Gasteiger partial charge in [0.15, 0.2) is 4.21 Å². The summed E-state index contributed by atoms with van der Waals surface area (Å²) in [6.07, 6.45) is 2.84. The predicted octanol–water partition coefficient (Wildman–Crippen LogP) is 1.28. The first-order valence-electron chi connectivity index (χ1n) is 4.26. The van der Waals surface area contributed by atoms with Gasteiger partial charge in [-0.25, -0.2) is 8.42 Å². The van der Waals surface area contributed by atoms with Crippen LogP contribution in [0.15, 0.2) is 28.0 Å². The van der Waals surface area contributed by atoms with E-state index in [0.717, 1.165) is 11.3 Å². The van der Waals surface area contributed by atoms with Gasteiger partial charge in [0, 0.05) is 6.20 Å². The Morgan fingerprint density at radius 1 is 1.56 bits per heavy atom. The van der Waals surface area contributed by atoms with Gasteiger partial charge in [-0.3, -0.25) is 9.82 Å². The lowest BCUT2D eigenvalue weighted by molar-refractivity contribution is 0.406. The number of H-pyrrole nitrogens is 1. The van der Waals surface area contributed by atoms with Crippen molar-refractivity contribution < 1.29 is 13.2 Å². The summed E-state index contributed by atoms with van der Waals surface area (Å²) < 4.78 is 31.3. The second kappa shape index (κ2) is 4.14. The third-order valence-electron chi connectivity index (χ3n) is 1.81. The van der Waals surface area contributed by atoms with Crippen LogP contribution in [0.4, 0.5) is 5.69 Å². The summed E-state index contributed by atoms with van der Waals surface area (Å²) in [6.45, 7) is 0. The largest absolute Gasteiger partial charge is 0.494 e. The highest BCUT2D eigenvalue weighted by Gasteiger charge is 2.21. The van der Waals surface area contributed by atoms with E-state index in [-0.39, 0.29) is 4.21 Å². The van der Waals surface area contributed by atoms with E-state index >= 15 is 0 Å². The molecule has 86 valence electrons. The van der Waals surface area contributed by atoms with Gasteiger partial charge in [-0.2, -0.15) is 5.10 Å². The van der Waals surface area contributed by atoms with Gasteiger partial charge in [0.2, 0.25) is 0 Å². The topological polar surface area (TPSA) is 84.1 Å². The average Bonchev–Trinajstić information content (AvgIpc) is 2.85. The monoisotopic (exact) mass is 259 g/mol. The van der Waals surface area contributed by atoms with E-state index in [1.807, 2.05) is 0 Å². The van der Waals surface area contributed by atoms with Gasteiger partial charge < -0.3 is 4.74 Å². The summed E-state index contributed by atoms with van der Waals surface area (Å²) in [4.78, 5) is 0. The molecule has 0 aliphatic carbocycles. The Labute approximate surface area is 96.3 Å². The predicted molar refractivity (Wildman–Crippen MR) is 60.3 cm³/mol. The van der Waals surface area contributed by atoms with Gasteiger partial charge in [0.1, 0.15) is 5.75 Å². The number of anilines is 1. The molecule has 0 saturated heterocycles. The Morgan fingerprint density at radius 2 is 2.38 bits per heavy atom. The number of ether oxygens (including phenoxy) is 1. The third kappa shape index (κ3) is 2.02. The van der Waals surface area contributed by atoms with Crippen LogP contribution in [0.3, 0.4) is 0 Å². The van der Waals surface area contributed by atoms with Crippen LogP contribution in [-0.2, 0) is 10.0 Å². The molecule has 0 aliphatic rings. The fraction of sp³-hybridized carbons (Fsp3) is 0.125. The molecule has 2 rings (SSSR count). The molecule has 0 bridgehead atoms. The maximum atomic E-state index is 11.9. The minimum atomic E-state index is -3.60. The second-order valence-electron chi connectivity index (χ2n) is 2.87. The maximum Gasteiger partial charge on any atom is 0.275 e. The molecule has 0 fully saturated rings. The lowest BCUT2D eigenvalue weighted by Gasteiger charge is -2.05. The van der Waals surface area contributed by atoms with Crippen LogP contribution in [0, 0.1) is 0 Å². The number of aromatic nitrogens is 2.